The standard InChI is InChI=1S/C8H2F3N2O2P/c9-8(10,11)7-12-1-2(13-7)3-4-5-6(15-3)16(4,5)14/h1H,(H,12,13). The van der Waals surface area contributed by atoms with E-state index in [1.807, 2.05) is 0 Å². The first-order chi connectivity index (χ1) is 7.44. The number of nitrogens with one attached hydrogen (secondary N) is 1. The van der Waals surface area contributed by atoms with E-state index in [1.54, 1.807) is 0 Å². The first kappa shape index (κ1) is 8.64. The van der Waals surface area contributed by atoms with Gasteiger partial charge in [-0.1, -0.05) is 0 Å². The summed E-state index contributed by atoms with van der Waals surface area (Å²) in [6.45, 7) is 0. The van der Waals surface area contributed by atoms with Crippen molar-refractivity contribution >= 4 is 23.3 Å². The number of hydrogen-bond acceptors (Lipinski definition) is 3. The first-order valence-electron chi connectivity index (χ1n) is 4.35. The van der Waals surface area contributed by atoms with Gasteiger partial charge in [0.2, 0.25) is 13.0 Å². The van der Waals surface area contributed by atoms with Crippen LogP contribution in [0.25, 0.3) is 11.5 Å². The number of halogens is 3. The lowest BCUT2D eigenvalue weighted by Gasteiger charge is -1.99. The van der Waals surface area contributed by atoms with Crippen molar-refractivity contribution < 1.29 is 22.2 Å². The molecule has 82 valence electrons. The van der Waals surface area contributed by atoms with E-state index >= 15 is 0 Å². The zero-order valence-corrected chi connectivity index (χ0v) is 8.32. The minimum atomic E-state index is -4.51. The molecular formula is C8H2F3N2O2P. The number of alkyl halides is 3. The summed E-state index contributed by atoms with van der Waals surface area (Å²) in [7, 11) is -2.38. The highest BCUT2D eigenvalue weighted by atomic mass is 31.2. The molecule has 2 bridgehead atoms. The first-order valence-corrected chi connectivity index (χ1v) is 6.06. The van der Waals surface area contributed by atoms with Crippen LogP contribution in [0.3, 0.4) is 0 Å². The van der Waals surface area contributed by atoms with E-state index in [9.17, 15) is 17.7 Å². The molecule has 2 aromatic rings. The molecule has 0 saturated heterocycles. The number of aromatic nitrogens is 2. The zero-order valence-electron chi connectivity index (χ0n) is 7.42. The van der Waals surface area contributed by atoms with Gasteiger partial charge in [-0.15, -0.1) is 0 Å². The highest BCUT2D eigenvalue weighted by Gasteiger charge is 2.74. The van der Waals surface area contributed by atoms with Crippen molar-refractivity contribution in [2.45, 2.75) is 6.18 Å². The van der Waals surface area contributed by atoms with E-state index in [0.717, 1.165) is 6.20 Å². The van der Waals surface area contributed by atoms with Crippen LogP contribution in [0.15, 0.2) is 10.6 Å². The van der Waals surface area contributed by atoms with E-state index in [-0.39, 0.29) is 11.5 Å². The van der Waals surface area contributed by atoms with Crippen molar-refractivity contribution in [1.29, 1.82) is 0 Å². The SMILES string of the molecule is O=P12c3oc(-c4cnc(C(F)(F)F)[nH]4)c1c32. The highest BCUT2D eigenvalue weighted by molar-refractivity contribution is 8.06. The fourth-order valence-corrected chi connectivity index (χ4v) is 4.36. The Bertz CT molecular complexity index is 688. The summed E-state index contributed by atoms with van der Waals surface area (Å²) in [5, 5.41) is 1.30. The van der Waals surface area contributed by atoms with Gasteiger partial charge in [-0.25, -0.2) is 4.98 Å². The van der Waals surface area contributed by atoms with Crippen molar-refractivity contribution in [2.75, 3.05) is 0 Å². The third kappa shape index (κ3) is 0.734. The third-order valence-corrected chi connectivity index (χ3v) is 5.30. The second kappa shape index (κ2) is 2.00. The molecule has 3 aliphatic rings. The fourth-order valence-electron chi connectivity index (χ4n) is 1.86. The largest absolute Gasteiger partial charge is 0.449 e. The maximum atomic E-state index is 12.3. The second-order valence-electron chi connectivity index (χ2n) is 3.69. The Kier molecular flexibility index (Phi) is 1.08. The topological polar surface area (TPSA) is 58.9 Å². The van der Waals surface area contributed by atoms with E-state index < -0.39 is 19.1 Å². The van der Waals surface area contributed by atoms with Crippen LogP contribution in [-0.2, 0) is 10.7 Å². The summed E-state index contributed by atoms with van der Waals surface area (Å²) in [6, 6.07) is 0. The predicted molar refractivity (Wildman–Crippen MR) is 47.8 cm³/mol. The Morgan fingerprint density at radius 3 is 2.50 bits per heavy atom. The van der Waals surface area contributed by atoms with Gasteiger partial charge in [0.05, 0.1) is 16.8 Å². The molecule has 0 amide bonds. The van der Waals surface area contributed by atoms with Crippen LogP contribution in [0.2, 0.25) is 0 Å². The minimum absolute atomic E-state index is 0.130. The molecule has 16 heavy (non-hydrogen) atoms. The molecule has 1 N–H and O–H groups in total. The van der Waals surface area contributed by atoms with Gasteiger partial charge in [-0.3, -0.25) is 0 Å². The number of fused-ring (bicyclic) bond motifs is 1. The molecule has 8 heteroatoms. The van der Waals surface area contributed by atoms with Crippen LogP contribution in [-0.4, -0.2) is 9.97 Å². The van der Waals surface area contributed by atoms with Crippen LogP contribution in [0.5, 0.6) is 0 Å². The molecule has 1 unspecified atom stereocenters. The minimum Gasteiger partial charge on any atom is -0.449 e. The van der Waals surface area contributed by atoms with Crippen molar-refractivity contribution in [2.24, 2.45) is 0 Å². The maximum absolute atomic E-state index is 12.3. The summed E-state index contributed by atoms with van der Waals surface area (Å²) >= 11 is 0. The van der Waals surface area contributed by atoms with Gasteiger partial charge in [0.1, 0.15) is 5.69 Å². The Labute approximate surface area is 85.9 Å². The molecule has 1 atom stereocenters. The maximum Gasteiger partial charge on any atom is 0.449 e. The monoisotopic (exact) mass is 246 g/mol. The number of H-pyrrole nitrogens is 1. The van der Waals surface area contributed by atoms with Crippen LogP contribution in [0, 0.1) is 0 Å². The van der Waals surface area contributed by atoms with Gasteiger partial charge in [0.25, 0.3) is 0 Å². The molecule has 0 spiro atoms. The van der Waals surface area contributed by atoms with Crippen molar-refractivity contribution in [3.05, 3.63) is 12.0 Å². The van der Waals surface area contributed by atoms with E-state index in [0.29, 0.717) is 16.1 Å². The molecular weight excluding hydrogens is 244 g/mol. The van der Waals surface area contributed by atoms with Crippen LogP contribution >= 0.6 is 7.14 Å². The molecule has 5 heterocycles. The Hall–Kier alpha value is -1.49. The normalized spacial score (nSPS) is 24.4. The highest BCUT2D eigenvalue weighted by Crippen LogP contribution is 2.70. The number of furan rings is 1. The van der Waals surface area contributed by atoms with E-state index in [2.05, 4.69) is 9.97 Å². The molecule has 0 fully saturated rings. The van der Waals surface area contributed by atoms with Crippen LogP contribution in [0.1, 0.15) is 5.82 Å². The summed E-state index contributed by atoms with van der Waals surface area (Å²) in [6.07, 6.45) is -3.47. The van der Waals surface area contributed by atoms with Crippen LogP contribution in [0.4, 0.5) is 13.2 Å². The average molecular weight is 246 g/mol. The van der Waals surface area contributed by atoms with Gasteiger partial charge in [0, 0.05) is 0 Å². The van der Waals surface area contributed by atoms with E-state index in [1.165, 1.54) is 0 Å². The number of rotatable bonds is 1. The smallest absolute Gasteiger partial charge is 0.449 e. The van der Waals surface area contributed by atoms with E-state index in [4.69, 9.17) is 4.42 Å². The molecule has 5 rings (SSSR count). The lowest BCUT2D eigenvalue weighted by atomic mass is 10.4. The van der Waals surface area contributed by atoms with Crippen molar-refractivity contribution in [3.63, 3.8) is 0 Å². The summed E-state index contributed by atoms with van der Waals surface area (Å²) in [5.41, 5.74) is 0.589. The molecule has 2 aromatic heterocycles. The van der Waals surface area contributed by atoms with Gasteiger partial charge < -0.3 is 14.0 Å². The number of hydrogen-bond donors (Lipinski definition) is 1. The quantitative estimate of drug-likeness (QED) is 0.509. The third-order valence-electron chi connectivity index (χ3n) is 2.75. The number of aromatic amines is 1. The van der Waals surface area contributed by atoms with Crippen molar-refractivity contribution in [1.82, 2.24) is 9.97 Å². The summed E-state index contributed by atoms with van der Waals surface area (Å²) in [5.74, 6) is -0.831. The molecule has 0 radical (unpaired) electrons. The zero-order chi connectivity index (χ0) is 11.3. The molecule has 0 saturated carbocycles. The van der Waals surface area contributed by atoms with Gasteiger partial charge in [-0.2, -0.15) is 13.2 Å². The Balaban J connectivity index is 1.81. The Morgan fingerprint density at radius 1 is 1.38 bits per heavy atom. The van der Waals surface area contributed by atoms with Crippen LogP contribution < -0.4 is 16.1 Å². The predicted octanol–water partition coefficient (Wildman–Crippen LogP) is 0.955. The number of imidazole rings is 1. The van der Waals surface area contributed by atoms with Gasteiger partial charge in [0.15, 0.2) is 11.3 Å². The molecule has 0 aromatic carbocycles. The second-order valence-corrected chi connectivity index (χ2v) is 6.21. The van der Waals surface area contributed by atoms with Crippen molar-refractivity contribution in [3.8, 4) is 11.5 Å². The molecule has 0 aliphatic carbocycles. The fraction of sp³-hybridized carbons (Fsp3) is 0.125. The summed E-state index contributed by atoms with van der Waals surface area (Å²) < 4.78 is 53.5. The van der Waals surface area contributed by atoms with Gasteiger partial charge >= 0.3 is 6.18 Å². The van der Waals surface area contributed by atoms with Gasteiger partial charge in [-0.05, 0) is 0 Å². The lowest BCUT2D eigenvalue weighted by Crippen LogP contribution is -2.07. The summed E-state index contributed by atoms with van der Waals surface area (Å²) in [4.78, 5) is 5.33. The average Bonchev–Trinajstić information content (AvgIpc) is 2.85. The molecule has 3 aliphatic heterocycles. The molecule has 4 nitrogen and oxygen atoms in total. The lowest BCUT2D eigenvalue weighted by molar-refractivity contribution is -0.144. The Morgan fingerprint density at radius 2 is 2.06 bits per heavy atom. The number of nitrogens with zero attached hydrogens (tertiary/aromatic N) is 1.